The standard InChI is InChI=1S/C11H20N2O/c1-4-8-14-9-7-12-13-10(2)5-6-11(13)3/h5-6,12H,4,7-9H2,1-3H3. The van der Waals surface area contributed by atoms with Crippen molar-refractivity contribution in [2.24, 2.45) is 0 Å². The van der Waals surface area contributed by atoms with Crippen molar-refractivity contribution < 1.29 is 4.74 Å². The van der Waals surface area contributed by atoms with E-state index in [-0.39, 0.29) is 0 Å². The number of aryl methyl sites for hydroxylation is 2. The molecule has 0 saturated carbocycles. The van der Waals surface area contributed by atoms with Crippen molar-refractivity contribution in [1.82, 2.24) is 4.68 Å². The first-order valence-corrected chi connectivity index (χ1v) is 5.22. The highest BCUT2D eigenvalue weighted by molar-refractivity contribution is 5.15. The van der Waals surface area contributed by atoms with Crippen molar-refractivity contribution in [3.05, 3.63) is 23.5 Å². The summed E-state index contributed by atoms with van der Waals surface area (Å²) < 4.78 is 7.48. The first kappa shape index (κ1) is 11.1. The Labute approximate surface area is 86.0 Å². The van der Waals surface area contributed by atoms with Gasteiger partial charge in [0, 0.05) is 18.0 Å². The maximum Gasteiger partial charge on any atom is 0.0655 e. The monoisotopic (exact) mass is 196 g/mol. The number of hydrogen-bond acceptors (Lipinski definition) is 2. The van der Waals surface area contributed by atoms with Gasteiger partial charge in [-0.3, -0.25) is 4.68 Å². The second-order valence-electron chi connectivity index (χ2n) is 3.47. The first-order valence-electron chi connectivity index (χ1n) is 5.22. The minimum atomic E-state index is 0.769. The first-order chi connectivity index (χ1) is 6.75. The van der Waals surface area contributed by atoms with Gasteiger partial charge in [-0.15, -0.1) is 0 Å². The third kappa shape index (κ3) is 3.07. The van der Waals surface area contributed by atoms with Gasteiger partial charge in [0.2, 0.25) is 0 Å². The second-order valence-corrected chi connectivity index (χ2v) is 3.47. The lowest BCUT2D eigenvalue weighted by Crippen LogP contribution is -2.21. The Balaban J connectivity index is 2.24. The summed E-state index contributed by atoms with van der Waals surface area (Å²) in [5.41, 5.74) is 5.78. The molecule has 0 aliphatic heterocycles. The van der Waals surface area contributed by atoms with Crippen LogP contribution in [0.5, 0.6) is 0 Å². The van der Waals surface area contributed by atoms with Crippen LogP contribution in [0, 0.1) is 13.8 Å². The van der Waals surface area contributed by atoms with Crippen molar-refractivity contribution in [2.45, 2.75) is 27.2 Å². The van der Waals surface area contributed by atoms with Crippen LogP contribution >= 0.6 is 0 Å². The highest BCUT2D eigenvalue weighted by Gasteiger charge is 1.98. The van der Waals surface area contributed by atoms with Crippen LogP contribution in [0.2, 0.25) is 0 Å². The van der Waals surface area contributed by atoms with E-state index < -0.39 is 0 Å². The van der Waals surface area contributed by atoms with Gasteiger partial charge in [0.1, 0.15) is 0 Å². The Bertz CT molecular complexity index is 249. The van der Waals surface area contributed by atoms with Crippen LogP contribution in [-0.4, -0.2) is 24.4 Å². The number of rotatable bonds is 6. The molecule has 3 heteroatoms. The van der Waals surface area contributed by atoms with Crippen molar-refractivity contribution in [2.75, 3.05) is 25.2 Å². The van der Waals surface area contributed by atoms with Crippen molar-refractivity contribution in [3.63, 3.8) is 0 Å². The number of aromatic nitrogens is 1. The molecule has 0 bridgehead atoms. The van der Waals surface area contributed by atoms with Crippen LogP contribution in [-0.2, 0) is 4.74 Å². The molecule has 0 aromatic carbocycles. The third-order valence-corrected chi connectivity index (χ3v) is 2.14. The summed E-state index contributed by atoms with van der Waals surface area (Å²) in [6.45, 7) is 8.78. The number of nitrogens with zero attached hydrogens (tertiary/aromatic N) is 1. The minimum Gasteiger partial charge on any atom is -0.380 e. The molecule has 1 aromatic heterocycles. The zero-order valence-corrected chi connectivity index (χ0v) is 9.34. The molecule has 1 aromatic rings. The topological polar surface area (TPSA) is 26.2 Å². The molecule has 0 radical (unpaired) electrons. The van der Waals surface area contributed by atoms with E-state index in [4.69, 9.17) is 4.74 Å². The average molecular weight is 196 g/mol. The van der Waals surface area contributed by atoms with E-state index in [9.17, 15) is 0 Å². The lowest BCUT2D eigenvalue weighted by molar-refractivity contribution is 0.143. The van der Waals surface area contributed by atoms with Crippen LogP contribution in [0.1, 0.15) is 24.7 Å². The largest absolute Gasteiger partial charge is 0.380 e. The van der Waals surface area contributed by atoms with E-state index in [1.54, 1.807) is 0 Å². The van der Waals surface area contributed by atoms with E-state index in [1.165, 1.54) is 11.4 Å². The van der Waals surface area contributed by atoms with Crippen LogP contribution in [0.15, 0.2) is 12.1 Å². The molecular formula is C11H20N2O. The molecule has 0 atom stereocenters. The highest BCUT2D eigenvalue weighted by atomic mass is 16.5. The predicted molar refractivity (Wildman–Crippen MR) is 59.2 cm³/mol. The Morgan fingerprint density at radius 3 is 2.43 bits per heavy atom. The maximum atomic E-state index is 5.38. The fraction of sp³-hybridized carbons (Fsp3) is 0.636. The molecule has 0 aliphatic rings. The summed E-state index contributed by atoms with van der Waals surface area (Å²) in [5.74, 6) is 0. The van der Waals surface area contributed by atoms with Crippen LogP contribution in [0.4, 0.5) is 0 Å². The normalized spacial score (nSPS) is 10.5. The Morgan fingerprint density at radius 1 is 1.21 bits per heavy atom. The third-order valence-electron chi connectivity index (χ3n) is 2.14. The van der Waals surface area contributed by atoms with Gasteiger partial charge in [-0.05, 0) is 32.4 Å². The molecule has 0 saturated heterocycles. The Hall–Kier alpha value is -0.960. The lowest BCUT2D eigenvalue weighted by Gasteiger charge is -2.12. The molecule has 3 nitrogen and oxygen atoms in total. The number of nitrogens with one attached hydrogen (secondary N) is 1. The molecule has 0 aliphatic carbocycles. The van der Waals surface area contributed by atoms with Gasteiger partial charge >= 0.3 is 0 Å². The smallest absolute Gasteiger partial charge is 0.0655 e. The summed E-state index contributed by atoms with van der Waals surface area (Å²) in [6, 6.07) is 4.21. The highest BCUT2D eigenvalue weighted by Crippen LogP contribution is 2.03. The molecular weight excluding hydrogens is 176 g/mol. The maximum absolute atomic E-state index is 5.38. The van der Waals surface area contributed by atoms with E-state index in [0.717, 1.165) is 26.2 Å². The Kier molecular flexibility index (Phi) is 4.53. The predicted octanol–water partition coefficient (Wildman–Crippen LogP) is 2.08. The molecule has 0 spiro atoms. The zero-order valence-electron chi connectivity index (χ0n) is 9.34. The summed E-state index contributed by atoms with van der Waals surface area (Å²) in [7, 11) is 0. The van der Waals surface area contributed by atoms with Crippen molar-refractivity contribution in [3.8, 4) is 0 Å². The van der Waals surface area contributed by atoms with Crippen molar-refractivity contribution >= 4 is 0 Å². The van der Waals surface area contributed by atoms with E-state index in [0.29, 0.717) is 0 Å². The number of hydrogen-bond donors (Lipinski definition) is 1. The molecule has 80 valence electrons. The molecule has 0 unspecified atom stereocenters. The molecule has 1 rings (SSSR count). The van der Waals surface area contributed by atoms with Crippen LogP contribution in [0.3, 0.4) is 0 Å². The van der Waals surface area contributed by atoms with Gasteiger partial charge in [0.25, 0.3) is 0 Å². The van der Waals surface area contributed by atoms with Gasteiger partial charge in [-0.1, -0.05) is 6.92 Å². The fourth-order valence-electron chi connectivity index (χ4n) is 1.39. The van der Waals surface area contributed by atoms with Gasteiger partial charge in [-0.2, -0.15) is 0 Å². The quantitative estimate of drug-likeness (QED) is 0.705. The van der Waals surface area contributed by atoms with E-state index in [1.807, 2.05) is 0 Å². The van der Waals surface area contributed by atoms with Gasteiger partial charge in [0.15, 0.2) is 0 Å². The van der Waals surface area contributed by atoms with Gasteiger partial charge in [-0.25, -0.2) is 0 Å². The van der Waals surface area contributed by atoms with E-state index in [2.05, 4.69) is 43.0 Å². The van der Waals surface area contributed by atoms with Gasteiger partial charge in [0.05, 0.1) is 13.2 Å². The van der Waals surface area contributed by atoms with Crippen molar-refractivity contribution in [1.29, 1.82) is 0 Å². The fourth-order valence-corrected chi connectivity index (χ4v) is 1.39. The molecule has 1 N–H and O–H groups in total. The summed E-state index contributed by atoms with van der Waals surface area (Å²) in [4.78, 5) is 0. The average Bonchev–Trinajstić information content (AvgIpc) is 2.48. The minimum absolute atomic E-state index is 0.769. The summed E-state index contributed by atoms with van der Waals surface area (Å²) in [6.07, 6.45) is 1.08. The SMILES string of the molecule is CCCOCCNn1c(C)ccc1C. The molecule has 0 amide bonds. The Morgan fingerprint density at radius 2 is 1.86 bits per heavy atom. The molecule has 0 fully saturated rings. The summed E-state index contributed by atoms with van der Waals surface area (Å²) >= 11 is 0. The van der Waals surface area contributed by atoms with Gasteiger partial charge < -0.3 is 10.2 Å². The van der Waals surface area contributed by atoms with Crippen LogP contribution in [0.25, 0.3) is 0 Å². The zero-order chi connectivity index (χ0) is 10.4. The second kappa shape index (κ2) is 5.70. The summed E-state index contributed by atoms with van der Waals surface area (Å²) in [5, 5.41) is 0. The lowest BCUT2D eigenvalue weighted by atomic mass is 10.5. The van der Waals surface area contributed by atoms with E-state index >= 15 is 0 Å². The van der Waals surface area contributed by atoms with Crippen LogP contribution < -0.4 is 5.43 Å². The molecule has 14 heavy (non-hydrogen) atoms. The number of ether oxygens (including phenoxy) is 1. The molecule has 1 heterocycles.